The van der Waals surface area contributed by atoms with E-state index in [4.69, 9.17) is 11.1 Å². The number of hydrogen-bond acceptors (Lipinski definition) is 3. The molecule has 0 saturated carbocycles. The summed E-state index contributed by atoms with van der Waals surface area (Å²) in [5.74, 6) is 0.0912. The van der Waals surface area contributed by atoms with Gasteiger partial charge in [-0.3, -0.25) is 5.41 Å². The maximum atomic E-state index is 7.29. The summed E-state index contributed by atoms with van der Waals surface area (Å²) in [4.78, 5) is 5.31. The zero-order valence-electron chi connectivity index (χ0n) is 8.84. The lowest BCUT2D eigenvalue weighted by Crippen LogP contribution is -2.10. The van der Waals surface area contributed by atoms with Gasteiger partial charge in [0.05, 0.1) is 0 Å². The van der Waals surface area contributed by atoms with Crippen molar-refractivity contribution in [3.05, 3.63) is 42.2 Å². The summed E-state index contributed by atoms with van der Waals surface area (Å²) in [6.45, 7) is 0. The van der Waals surface area contributed by atoms with Crippen LogP contribution in [-0.2, 0) is 7.05 Å². The lowest BCUT2D eigenvalue weighted by Gasteiger charge is -2.02. The van der Waals surface area contributed by atoms with Gasteiger partial charge in [0.25, 0.3) is 0 Å². The molecule has 0 amide bonds. The van der Waals surface area contributed by atoms with Crippen LogP contribution in [0.3, 0.4) is 0 Å². The van der Waals surface area contributed by atoms with Crippen molar-refractivity contribution in [1.82, 2.24) is 9.55 Å². The van der Waals surface area contributed by atoms with E-state index in [9.17, 15) is 0 Å². The molecule has 0 fully saturated rings. The molecule has 2 rings (SSSR count). The number of nitrogen functional groups attached to an aromatic ring is 1. The molecule has 0 bridgehead atoms. The molecule has 0 saturated heterocycles. The Morgan fingerprint density at radius 1 is 1.38 bits per heavy atom. The molecule has 2 aromatic rings. The van der Waals surface area contributed by atoms with E-state index in [2.05, 4.69) is 4.98 Å². The van der Waals surface area contributed by atoms with Crippen molar-refractivity contribution in [2.75, 3.05) is 0 Å². The van der Waals surface area contributed by atoms with Crippen molar-refractivity contribution in [3.63, 3.8) is 0 Å². The van der Waals surface area contributed by atoms with Crippen molar-refractivity contribution < 1.29 is 0 Å². The minimum absolute atomic E-state index is 0.0912. The number of aryl methyl sites for hydroxylation is 1. The van der Waals surface area contributed by atoms with Crippen LogP contribution in [0.1, 0.15) is 5.56 Å². The van der Waals surface area contributed by atoms with Gasteiger partial charge in [-0.1, -0.05) is 23.9 Å². The quantitative estimate of drug-likeness (QED) is 0.627. The lowest BCUT2D eigenvalue weighted by atomic mass is 10.2. The van der Waals surface area contributed by atoms with Crippen LogP contribution in [0.15, 0.2) is 46.7 Å². The van der Waals surface area contributed by atoms with Crippen LogP contribution in [0.2, 0.25) is 0 Å². The Kier molecular flexibility index (Phi) is 2.96. The van der Waals surface area contributed by atoms with E-state index in [-0.39, 0.29) is 5.84 Å². The Balaban J connectivity index is 2.17. The Morgan fingerprint density at radius 2 is 2.06 bits per heavy atom. The molecule has 82 valence electrons. The molecular weight excluding hydrogens is 220 g/mol. The van der Waals surface area contributed by atoms with E-state index in [1.54, 1.807) is 18.0 Å². The first-order valence-corrected chi connectivity index (χ1v) is 5.58. The number of imidazole rings is 1. The molecule has 5 heteroatoms. The first-order chi connectivity index (χ1) is 7.66. The van der Waals surface area contributed by atoms with Gasteiger partial charge in [-0.15, -0.1) is 0 Å². The second-order valence-electron chi connectivity index (χ2n) is 3.36. The molecule has 1 aromatic carbocycles. The zero-order valence-corrected chi connectivity index (χ0v) is 9.66. The highest BCUT2D eigenvalue weighted by Gasteiger charge is 2.02. The summed E-state index contributed by atoms with van der Waals surface area (Å²) < 4.78 is 1.96. The summed E-state index contributed by atoms with van der Waals surface area (Å²) in [7, 11) is 1.96. The second-order valence-corrected chi connectivity index (χ2v) is 4.40. The van der Waals surface area contributed by atoms with E-state index in [0.717, 1.165) is 15.6 Å². The maximum Gasteiger partial charge on any atom is 0.172 e. The Morgan fingerprint density at radius 3 is 2.56 bits per heavy atom. The number of nitrogens with one attached hydrogen (secondary N) is 1. The van der Waals surface area contributed by atoms with Crippen molar-refractivity contribution in [2.24, 2.45) is 12.8 Å². The largest absolute Gasteiger partial charge is 0.384 e. The third-order valence-electron chi connectivity index (χ3n) is 2.15. The number of benzene rings is 1. The monoisotopic (exact) mass is 232 g/mol. The second kappa shape index (κ2) is 4.40. The molecule has 1 heterocycles. The number of nitrogens with two attached hydrogens (primary N) is 1. The van der Waals surface area contributed by atoms with E-state index < -0.39 is 0 Å². The third kappa shape index (κ3) is 2.25. The highest BCUT2D eigenvalue weighted by atomic mass is 32.2. The molecule has 0 spiro atoms. The molecule has 0 radical (unpaired) electrons. The molecule has 0 aliphatic heterocycles. The molecule has 0 unspecified atom stereocenters. The molecule has 0 atom stereocenters. The normalized spacial score (nSPS) is 10.3. The van der Waals surface area contributed by atoms with E-state index in [1.807, 2.05) is 42.1 Å². The van der Waals surface area contributed by atoms with Gasteiger partial charge in [-0.25, -0.2) is 4.98 Å². The predicted octanol–water partition coefficient (Wildman–Crippen LogP) is 1.86. The summed E-state index contributed by atoms with van der Waals surface area (Å²) in [5, 5.41) is 8.23. The maximum absolute atomic E-state index is 7.29. The first kappa shape index (κ1) is 10.8. The highest BCUT2D eigenvalue weighted by Crippen LogP contribution is 2.25. The van der Waals surface area contributed by atoms with Crippen LogP contribution in [0.4, 0.5) is 0 Å². The fraction of sp³-hybridized carbons (Fsp3) is 0.0909. The van der Waals surface area contributed by atoms with Crippen LogP contribution in [0.5, 0.6) is 0 Å². The van der Waals surface area contributed by atoms with Crippen molar-refractivity contribution in [1.29, 1.82) is 5.41 Å². The standard InChI is InChI=1S/C11H12N4S/c1-15-7-6-14-11(15)16-9-4-2-8(3-5-9)10(12)13/h2-7H,1H3,(H3,12,13). The Hall–Kier alpha value is -1.75. The van der Waals surface area contributed by atoms with Gasteiger partial charge in [0.15, 0.2) is 5.16 Å². The van der Waals surface area contributed by atoms with Gasteiger partial charge in [0, 0.05) is 29.9 Å². The highest BCUT2D eigenvalue weighted by molar-refractivity contribution is 7.99. The number of nitrogens with zero attached hydrogens (tertiary/aromatic N) is 2. The minimum Gasteiger partial charge on any atom is -0.384 e. The molecular formula is C11H12N4S. The average Bonchev–Trinajstić information content (AvgIpc) is 2.65. The van der Waals surface area contributed by atoms with Crippen LogP contribution >= 0.6 is 11.8 Å². The predicted molar refractivity (Wildman–Crippen MR) is 64.8 cm³/mol. The van der Waals surface area contributed by atoms with E-state index in [0.29, 0.717) is 0 Å². The van der Waals surface area contributed by atoms with Crippen molar-refractivity contribution in [2.45, 2.75) is 10.1 Å². The van der Waals surface area contributed by atoms with Crippen LogP contribution in [0, 0.1) is 5.41 Å². The topological polar surface area (TPSA) is 67.7 Å². The smallest absolute Gasteiger partial charge is 0.172 e. The minimum atomic E-state index is 0.0912. The third-order valence-corrected chi connectivity index (χ3v) is 3.24. The van der Waals surface area contributed by atoms with Gasteiger partial charge < -0.3 is 10.3 Å². The average molecular weight is 232 g/mol. The molecule has 0 aliphatic rings. The molecule has 16 heavy (non-hydrogen) atoms. The summed E-state index contributed by atoms with van der Waals surface area (Å²) >= 11 is 1.58. The van der Waals surface area contributed by atoms with Gasteiger partial charge >= 0.3 is 0 Å². The number of rotatable bonds is 3. The Bertz CT molecular complexity index is 501. The Labute approximate surface area is 98.0 Å². The summed E-state index contributed by atoms with van der Waals surface area (Å²) in [6.07, 6.45) is 3.68. The molecule has 3 N–H and O–H groups in total. The molecule has 1 aromatic heterocycles. The molecule has 0 aliphatic carbocycles. The summed E-state index contributed by atoms with van der Waals surface area (Å²) in [5.41, 5.74) is 6.12. The number of amidine groups is 1. The number of aromatic nitrogens is 2. The fourth-order valence-corrected chi connectivity index (χ4v) is 2.06. The van der Waals surface area contributed by atoms with Crippen LogP contribution in [0.25, 0.3) is 0 Å². The molecule has 4 nitrogen and oxygen atoms in total. The SMILES string of the molecule is Cn1ccnc1Sc1ccc(C(=N)N)cc1. The van der Waals surface area contributed by atoms with Gasteiger partial charge in [0.1, 0.15) is 5.84 Å². The number of hydrogen-bond donors (Lipinski definition) is 2. The lowest BCUT2D eigenvalue weighted by molar-refractivity contribution is 0.790. The van der Waals surface area contributed by atoms with Crippen LogP contribution in [-0.4, -0.2) is 15.4 Å². The van der Waals surface area contributed by atoms with Gasteiger partial charge in [0.2, 0.25) is 0 Å². The van der Waals surface area contributed by atoms with Crippen molar-refractivity contribution in [3.8, 4) is 0 Å². The summed E-state index contributed by atoms with van der Waals surface area (Å²) in [6, 6.07) is 7.56. The van der Waals surface area contributed by atoms with Crippen LogP contribution < -0.4 is 5.73 Å². The van der Waals surface area contributed by atoms with Gasteiger partial charge in [-0.2, -0.15) is 0 Å². The van der Waals surface area contributed by atoms with Gasteiger partial charge in [-0.05, 0) is 12.1 Å². The first-order valence-electron chi connectivity index (χ1n) is 4.76. The fourth-order valence-electron chi connectivity index (χ4n) is 1.26. The van der Waals surface area contributed by atoms with Crippen molar-refractivity contribution >= 4 is 17.6 Å². The van der Waals surface area contributed by atoms with E-state index in [1.165, 1.54) is 0 Å². The zero-order chi connectivity index (χ0) is 11.5. The van der Waals surface area contributed by atoms with E-state index >= 15 is 0 Å².